The Balaban J connectivity index is 2.71. The highest BCUT2D eigenvalue weighted by Gasteiger charge is 2.15. The van der Waals surface area contributed by atoms with Gasteiger partial charge in [0, 0.05) is 12.1 Å². The Hall–Kier alpha value is -1.16. The van der Waals surface area contributed by atoms with Gasteiger partial charge in [0.2, 0.25) is 5.88 Å². The van der Waals surface area contributed by atoms with Crippen molar-refractivity contribution >= 4 is 0 Å². The molecule has 0 fully saturated rings. The summed E-state index contributed by atoms with van der Waals surface area (Å²) in [5, 5.41) is 3.31. The van der Waals surface area contributed by atoms with Crippen LogP contribution < -0.4 is 10.1 Å². The number of rotatable bonds is 7. The lowest BCUT2D eigenvalue weighted by molar-refractivity contribution is 0.383. The first kappa shape index (κ1) is 13.9. The molecule has 0 aliphatic heterocycles. The van der Waals surface area contributed by atoms with Crippen molar-refractivity contribution < 1.29 is 4.74 Å². The molecule has 1 N–H and O–H groups in total. The average Bonchev–Trinajstić information content (AvgIpc) is 2.36. The first-order chi connectivity index (χ1) is 8.21. The van der Waals surface area contributed by atoms with Gasteiger partial charge in [-0.2, -0.15) is 0 Å². The summed E-state index contributed by atoms with van der Waals surface area (Å²) in [6.45, 7) is 4.50. The molecular formula is C13H23N3O. The first-order valence-electron chi connectivity index (χ1n) is 6.24. The van der Waals surface area contributed by atoms with Crippen LogP contribution in [-0.4, -0.2) is 24.1 Å². The van der Waals surface area contributed by atoms with Gasteiger partial charge in [-0.15, -0.1) is 0 Å². The Morgan fingerprint density at radius 2 is 2.18 bits per heavy atom. The molecule has 0 spiro atoms. The Labute approximate surface area is 104 Å². The molecule has 4 nitrogen and oxygen atoms in total. The zero-order valence-corrected chi connectivity index (χ0v) is 11.2. The van der Waals surface area contributed by atoms with Gasteiger partial charge in [-0.1, -0.05) is 26.7 Å². The fourth-order valence-electron chi connectivity index (χ4n) is 2.06. The van der Waals surface area contributed by atoms with E-state index in [-0.39, 0.29) is 6.04 Å². The Bertz CT molecular complexity index is 330. The first-order valence-corrected chi connectivity index (χ1v) is 6.24. The summed E-state index contributed by atoms with van der Waals surface area (Å²) in [4.78, 5) is 8.35. The number of methoxy groups -OCH3 is 1. The number of ether oxygens (including phenoxy) is 1. The van der Waals surface area contributed by atoms with Crippen molar-refractivity contribution in [2.24, 2.45) is 5.92 Å². The molecule has 0 aromatic carbocycles. The summed E-state index contributed by atoms with van der Waals surface area (Å²) in [6.07, 6.45) is 5.12. The third-order valence-electron chi connectivity index (χ3n) is 3.00. The van der Waals surface area contributed by atoms with Crippen LogP contribution in [0.4, 0.5) is 0 Å². The molecular weight excluding hydrogens is 214 g/mol. The Kier molecular flexibility index (Phi) is 5.91. The van der Waals surface area contributed by atoms with Crippen molar-refractivity contribution in [3.8, 4) is 5.88 Å². The molecule has 96 valence electrons. The van der Waals surface area contributed by atoms with Crippen LogP contribution in [0.2, 0.25) is 0 Å². The topological polar surface area (TPSA) is 47.0 Å². The summed E-state index contributed by atoms with van der Waals surface area (Å²) < 4.78 is 5.12. The van der Waals surface area contributed by atoms with Gasteiger partial charge in [0.15, 0.2) is 0 Å². The summed E-state index contributed by atoms with van der Waals surface area (Å²) in [6, 6.07) is 2.17. The van der Waals surface area contributed by atoms with E-state index in [0.717, 1.165) is 12.1 Å². The molecule has 1 heterocycles. The van der Waals surface area contributed by atoms with Gasteiger partial charge >= 0.3 is 0 Å². The van der Waals surface area contributed by atoms with Gasteiger partial charge in [0.25, 0.3) is 0 Å². The quantitative estimate of drug-likeness (QED) is 0.791. The molecule has 4 heteroatoms. The molecule has 1 aromatic heterocycles. The fourth-order valence-corrected chi connectivity index (χ4v) is 2.06. The maximum atomic E-state index is 5.12. The second kappa shape index (κ2) is 7.22. The normalized spacial score (nSPS) is 14.4. The number of nitrogens with one attached hydrogen (secondary N) is 1. The van der Waals surface area contributed by atoms with Crippen molar-refractivity contribution in [3.63, 3.8) is 0 Å². The molecule has 0 radical (unpaired) electrons. The van der Waals surface area contributed by atoms with Gasteiger partial charge in [0.1, 0.15) is 6.33 Å². The molecule has 0 saturated heterocycles. The molecule has 0 saturated carbocycles. The lowest BCUT2D eigenvalue weighted by Crippen LogP contribution is -2.20. The predicted octanol–water partition coefficient (Wildman–Crippen LogP) is 2.57. The Morgan fingerprint density at radius 3 is 2.76 bits per heavy atom. The summed E-state index contributed by atoms with van der Waals surface area (Å²) >= 11 is 0. The lowest BCUT2D eigenvalue weighted by atomic mass is 9.95. The van der Waals surface area contributed by atoms with E-state index in [1.54, 1.807) is 13.4 Å². The number of hydrogen-bond donors (Lipinski definition) is 1. The van der Waals surface area contributed by atoms with Crippen LogP contribution in [0.25, 0.3) is 0 Å². The zero-order chi connectivity index (χ0) is 12.7. The highest BCUT2D eigenvalue weighted by molar-refractivity contribution is 5.16. The highest BCUT2D eigenvalue weighted by Crippen LogP contribution is 2.23. The number of nitrogens with zero attached hydrogens (tertiary/aromatic N) is 2. The maximum Gasteiger partial charge on any atom is 0.216 e. The summed E-state index contributed by atoms with van der Waals surface area (Å²) in [7, 11) is 3.60. The average molecular weight is 237 g/mol. The maximum absolute atomic E-state index is 5.12. The highest BCUT2D eigenvalue weighted by atomic mass is 16.5. The minimum Gasteiger partial charge on any atom is -0.481 e. The van der Waals surface area contributed by atoms with Crippen molar-refractivity contribution in [2.45, 2.75) is 39.2 Å². The molecule has 0 aliphatic rings. The van der Waals surface area contributed by atoms with Crippen LogP contribution in [0.1, 0.15) is 44.8 Å². The molecule has 0 bridgehead atoms. The van der Waals surface area contributed by atoms with E-state index >= 15 is 0 Å². The van der Waals surface area contributed by atoms with E-state index in [0.29, 0.717) is 11.8 Å². The van der Waals surface area contributed by atoms with E-state index in [1.807, 2.05) is 13.1 Å². The molecule has 2 unspecified atom stereocenters. The van der Waals surface area contributed by atoms with Crippen LogP contribution in [0.5, 0.6) is 5.88 Å². The zero-order valence-electron chi connectivity index (χ0n) is 11.2. The van der Waals surface area contributed by atoms with Crippen LogP contribution in [0.15, 0.2) is 12.4 Å². The van der Waals surface area contributed by atoms with Crippen molar-refractivity contribution in [2.75, 3.05) is 14.2 Å². The third kappa shape index (κ3) is 4.30. The van der Waals surface area contributed by atoms with Crippen molar-refractivity contribution in [1.82, 2.24) is 15.3 Å². The molecule has 2 atom stereocenters. The molecule has 1 aromatic rings. The number of aromatic nitrogens is 2. The standard InChI is InChI=1S/C13H23N3O/c1-5-6-10(2)7-11(14-3)12-8-13(17-4)16-9-15-12/h8-11,14H,5-7H2,1-4H3. The summed E-state index contributed by atoms with van der Waals surface area (Å²) in [5.74, 6) is 1.32. The monoisotopic (exact) mass is 237 g/mol. The number of hydrogen-bond acceptors (Lipinski definition) is 4. The largest absolute Gasteiger partial charge is 0.481 e. The second-order valence-corrected chi connectivity index (χ2v) is 4.46. The van der Waals surface area contributed by atoms with Gasteiger partial charge in [-0.25, -0.2) is 9.97 Å². The van der Waals surface area contributed by atoms with E-state index in [9.17, 15) is 0 Å². The van der Waals surface area contributed by atoms with Gasteiger partial charge in [-0.05, 0) is 19.4 Å². The van der Waals surface area contributed by atoms with Gasteiger partial charge in [0.05, 0.1) is 12.8 Å². The second-order valence-electron chi connectivity index (χ2n) is 4.46. The molecule has 0 aliphatic carbocycles. The summed E-state index contributed by atoms with van der Waals surface area (Å²) in [5.41, 5.74) is 1.00. The minimum atomic E-state index is 0.272. The third-order valence-corrected chi connectivity index (χ3v) is 3.00. The van der Waals surface area contributed by atoms with Crippen LogP contribution >= 0.6 is 0 Å². The minimum absolute atomic E-state index is 0.272. The van der Waals surface area contributed by atoms with Crippen molar-refractivity contribution in [3.05, 3.63) is 18.1 Å². The Morgan fingerprint density at radius 1 is 1.41 bits per heavy atom. The molecule has 1 rings (SSSR count). The van der Waals surface area contributed by atoms with E-state index in [2.05, 4.69) is 29.1 Å². The van der Waals surface area contributed by atoms with E-state index in [1.165, 1.54) is 12.8 Å². The molecule has 17 heavy (non-hydrogen) atoms. The predicted molar refractivity (Wildman–Crippen MR) is 69.1 cm³/mol. The van der Waals surface area contributed by atoms with Crippen LogP contribution in [0.3, 0.4) is 0 Å². The SMILES string of the molecule is CCCC(C)CC(NC)c1cc(OC)ncn1. The van der Waals surface area contributed by atoms with Crippen LogP contribution in [0, 0.1) is 5.92 Å². The lowest BCUT2D eigenvalue weighted by Gasteiger charge is -2.19. The van der Waals surface area contributed by atoms with E-state index < -0.39 is 0 Å². The van der Waals surface area contributed by atoms with E-state index in [4.69, 9.17) is 4.74 Å². The van der Waals surface area contributed by atoms with Gasteiger partial charge < -0.3 is 10.1 Å². The van der Waals surface area contributed by atoms with Crippen molar-refractivity contribution in [1.29, 1.82) is 0 Å². The fraction of sp³-hybridized carbons (Fsp3) is 0.692. The molecule has 0 amide bonds. The van der Waals surface area contributed by atoms with Crippen LogP contribution in [-0.2, 0) is 0 Å². The van der Waals surface area contributed by atoms with Gasteiger partial charge in [-0.3, -0.25) is 0 Å². The smallest absolute Gasteiger partial charge is 0.216 e.